The number of carbonyl (C=O) groups excluding carboxylic acids is 1. The van der Waals surface area contributed by atoms with E-state index in [1.165, 1.54) is 23.9 Å². The second-order valence-electron chi connectivity index (χ2n) is 6.68. The minimum atomic E-state index is -0.328. The Balaban J connectivity index is 1.38. The Morgan fingerprint density at radius 1 is 1.31 bits per heavy atom. The molecule has 1 aromatic carbocycles. The molecular weight excluding hydrogens is 411 g/mol. The normalized spacial score (nSPS) is 16.2. The van der Waals surface area contributed by atoms with Gasteiger partial charge in [0, 0.05) is 24.5 Å². The fourth-order valence-corrected chi connectivity index (χ4v) is 4.73. The van der Waals surface area contributed by atoms with Crippen LogP contribution in [0.5, 0.6) is 0 Å². The molecule has 0 spiro atoms. The number of carbonyl (C=O) groups is 1. The van der Waals surface area contributed by atoms with Gasteiger partial charge in [-0.25, -0.2) is 4.39 Å². The number of rotatable bonds is 8. The van der Waals surface area contributed by atoms with Crippen molar-refractivity contribution < 1.29 is 13.9 Å². The molecule has 1 N–H and O–H groups in total. The number of hydrogen-bond acceptors (Lipinski definition) is 6. The van der Waals surface area contributed by atoms with Crippen LogP contribution in [0.25, 0.3) is 10.7 Å². The SMILES string of the molecule is O=C(CCSc1nnc(-c2cccs2)n1CC1CCCO1)Nc1ccc(F)cc1. The number of amides is 1. The Labute approximate surface area is 176 Å². The van der Waals surface area contributed by atoms with E-state index < -0.39 is 0 Å². The monoisotopic (exact) mass is 432 g/mol. The molecule has 1 atom stereocenters. The third-order valence-electron chi connectivity index (χ3n) is 4.56. The van der Waals surface area contributed by atoms with Crippen LogP contribution in [0.1, 0.15) is 19.3 Å². The highest BCUT2D eigenvalue weighted by atomic mass is 32.2. The molecule has 9 heteroatoms. The number of aromatic nitrogens is 3. The first-order chi connectivity index (χ1) is 14.2. The van der Waals surface area contributed by atoms with Crippen molar-refractivity contribution >= 4 is 34.7 Å². The minimum Gasteiger partial charge on any atom is -0.376 e. The largest absolute Gasteiger partial charge is 0.376 e. The first-order valence-electron chi connectivity index (χ1n) is 9.46. The van der Waals surface area contributed by atoms with Crippen molar-refractivity contribution in [2.45, 2.75) is 37.1 Å². The van der Waals surface area contributed by atoms with Crippen LogP contribution in [0.4, 0.5) is 10.1 Å². The van der Waals surface area contributed by atoms with Crippen LogP contribution in [-0.4, -0.2) is 39.1 Å². The van der Waals surface area contributed by atoms with Crippen LogP contribution in [0, 0.1) is 5.82 Å². The highest BCUT2D eigenvalue weighted by molar-refractivity contribution is 7.99. The molecule has 0 aliphatic carbocycles. The van der Waals surface area contributed by atoms with Crippen LogP contribution in [0.3, 0.4) is 0 Å². The van der Waals surface area contributed by atoms with Gasteiger partial charge in [-0.15, -0.1) is 21.5 Å². The molecule has 0 radical (unpaired) electrons. The summed E-state index contributed by atoms with van der Waals surface area (Å²) >= 11 is 3.14. The molecule has 1 unspecified atom stereocenters. The molecule has 2 aromatic heterocycles. The molecule has 152 valence electrons. The summed E-state index contributed by atoms with van der Waals surface area (Å²) in [5.41, 5.74) is 0.586. The van der Waals surface area contributed by atoms with Gasteiger partial charge in [0.2, 0.25) is 5.91 Å². The molecule has 1 aliphatic rings. The summed E-state index contributed by atoms with van der Waals surface area (Å²) in [6.07, 6.45) is 2.61. The molecule has 6 nitrogen and oxygen atoms in total. The topological polar surface area (TPSA) is 69.0 Å². The summed E-state index contributed by atoms with van der Waals surface area (Å²) in [5.74, 6) is 0.966. The van der Waals surface area contributed by atoms with Crippen molar-refractivity contribution in [3.8, 4) is 10.7 Å². The molecule has 0 bridgehead atoms. The summed E-state index contributed by atoms with van der Waals surface area (Å²) in [4.78, 5) is 13.2. The van der Waals surface area contributed by atoms with E-state index in [9.17, 15) is 9.18 Å². The fourth-order valence-electron chi connectivity index (χ4n) is 3.13. The zero-order valence-electron chi connectivity index (χ0n) is 15.7. The van der Waals surface area contributed by atoms with Gasteiger partial charge in [0.05, 0.1) is 17.5 Å². The van der Waals surface area contributed by atoms with Crippen molar-refractivity contribution in [2.24, 2.45) is 0 Å². The van der Waals surface area contributed by atoms with Gasteiger partial charge in [-0.05, 0) is 48.6 Å². The molecule has 29 heavy (non-hydrogen) atoms. The minimum absolute atomic E-state index is 0.118. The lowest BCUT2D eigenvalue weighted by Crippen LogP contribution is -2.17. The Hall–Kier alpha value is -2.23. The highest BCUT2D eigenvalue weighted by Gasteiger charge is 2.22. The van der Waals surface area contributed by atoms with Gasteiger partial charge in [-0.2, -0.15) is 0 Å². The zero-order valence-corrected chi connectivity index (χ0v) is 17.3. The zero-order chi connectivity index (χ0) is 20.1. The van der Waals surface area contributed by atoms with Gasteiger partial charge in [-0.1, -0.05) is 17.8 Å². The van der Waals surface area contributed by atoms with Gasteiger partial charge in [0.25, 0.3) is 0 Å². The van der Waals surface area contributed by atoms with E-state index in [1.807, 2.05) is 17.5 Å². The Morgan fingerprint density at radius 3 is 2.90 bits per heavy atom. The lowest BCUT2D eigenvalue weighted by molar-refractivity contribution is -0.115. The van der Waals surface area contributed by atoms with Crippen molar-refractivity contribution in [3.63, 3.8) is 0 Å². The number of nitrogens with zero attached hydrogens (tertiary/aromatic N) is 3. The molecule has 0 saturated carbocycles. The highest BCUT2D eigenvalue weighted by Crippen LogP contribution is 2.29. The van der Waals surface area contributed by atoms with E-state index in [4.69, 9.17) is 4.74 Å². The molecule has 3 aromatic rings. The smallest absolute Gasteiger partial charge is 0.225 e. The number of hydrogen-bond donors (Lipinski definition) is 1. The van der Waals surface area contributed by atoms with Crippen molar-refractivity contribution in [3.05, 3.63) is 47.6 Å². The number of ether oxygens (including phenoxy) is 1. The molecule has 1 aliphatic heterocycles. The second-order valence-corrected chi connectivity index (χ2v) is 8.69. The average Bonchev–Trinajstić information content (AvgIpc) is 3.47. The summed E-state index contributed by atoms with van der Waals surface area (Å²) < 4.78 is 20.9. The molecule has 1 saturated heterocycles. The van der Waals surface area contributed by atoms with Gasteiger partial charge in [-0.3, -0.25) is 9.36 Å². The fraction of sp³-hybridized carbons (Fsp3) is 0.350. The maximum Gasteiger partial charge on any atom is 0.225 e. The van der Waals surface area contributed by atoms with Crippen LogP contribution >= 0.6 is 23.1 Å². The summed E-state index contributed by atoms with van der Waals surface area (Å²) in [6, 6.07) is 9.77. The van der Waals surface area contributed by atoms with E-state index in [1.54, 1.807) is 23.5 Å². The molecular formula is C20H21FN4O2S2. The van der Waals surface area contributed by atoms with E-state index in [2.05, 4.69) is 20.1 Å². The number of thiophene rings is 1. The average molecular weight is 433 g/mol. The quantitative estimate of drug-likeness (QED) is 0.533. The number of benzene rings is 1. The van der Waals surface area contributed by atoms with Crippen molar-refractivity contribution in [2.75, 3.05) is 17.7 Å². The van der Waals surface area contributed by atoms with Gasteiger partial charge in [0.15, 0.2) is 11.0 Å². The van der Waals surface area contributed by atoms with Crippen LogP contribution < -0.4 is 5.32 Å². The van der Waals surface area contributed by atoms with Crippen LogP contribution in [-0.2, 0) is 16.1 Å². The first-order valence-corrected chi connectivity index (χ1v) is 11.3. The van der Waals surface area contributed by atoms with Gasteiger partial charge in [0.1, 0.15) is 5.82 Å². The molecule has 1 amide bonds. The summed E-state index contributed by atoms with van der Waals surface area (Å²) in [5, 5.41) is 14.3. The Morgan fingerprint density at radius 2 is 2.17 bits per heavy atom. The third kappa shape index (κ3) is 5.23. The number of anilines is 1. The van der Waals surface area contributed by atoms with E-state index in [0.717, 1.165) is 35.3 Å². The van der Waals surface area contributed by atoms with Gasteiger partial charge < -0.3 is 10.1 Å². The van der Waals surface area contributed by atoms with Crippen molar-refractivity contribution in [1.29, 1.82) is 0 Å². The maximum absolute atomic E-state index is 13.0. The Bertz CT molecular complexity index is 938. The third-order valence-corrected chi connectivity index (χ3v) is 6.39. The van der Waals surface area contributed by atoms with E-state index >= 15 is 0 Å². The lowest BCUT2D eigenvalue weighted by Gasteiger charge is -2.14. The van der Waals surface area contributed by atoms with E-state index in [-0.39, 0.29) is 17.8 Å². The number of thioether (sulfide) groups is 1. The van der Waals surface area contributed by atoms with Crippen LogP contribution in [0.2, 0.25) is 0 Å². The first kappa shape index (κ1) is 20.1. The van der Waals surface area contributed by atoms with Crippen molar-refractivity contribution in [1.82, 2.24) is 14.8 Å². The molecule has 4 rings (SSSR count). The number of nitrogens with one attached hydrogen (secondary N) is 1. The predicted molar refractivity (Wildman–Crippen MR) is 113 cm³/mol. The standard InChI is InChI=1S/C20H21FN4O2S2/c21-14-5-7-15(8-6-14)22-18(26)9-12-29-20-24-23-19(17-4-2-11-28-17)25(20)13-16-3-1-10-27-16/h2,4-8,11,16H,1,3,9-10,12-13H2,(H,22,26). The van der Waals surface area contributed by atoms with Crippen LogP contribution in [0.15, 0.2) is 46.9 Å². The second kappa shape index (κ2) is 9.51. The van der Waals surface area contributed by atoms with E-state index in [0.29, 0.717) is 24.4 Å². The van der Waals surface area contributed by atoms with Gasteiger partial charge >= 0.3 is 0 Å². The Kier molecular flexibility index (Phi) is 6.58. The summed E-state index contributed by atoms with van der Waals surface area (Å²) in [7, 11) is 0. The molecule has 3 heterocycles. The lowest BCUT2D eigenvalue weighted by atomic mass is 10.2. The maximum atomic E-state index is 13.0. The number of halogens is 1. The molecule has 1 fully saturated rings. The summed E-state index contributed by atoms with van der Waals surface area (Å²) in [6.45, 7) is 1.51. The predicted octanol–water partition coefficient (Wildman–Crippen LogP) is 4.45.